The molecule has 8 heteroatoms. The molecule has 4 N–H and O–H groups in total. The minimum Gasteiger partial charge on any atom is -0.480 e. The van der Waals surface area contributed by atoms with E-state index in [0.717, 1.165) is 0 Å². The molecular formula is C12H16N2O6. The maximum Gasteiger partial charge on any atom is 0.326 e. The van der Waals surface area contributed by atoms with Crippen molar-refractivity contribution in [1.29, 1.82) is 0 Å². The maximum absolute atomic E-state index is 11.5. The predicted octanol–water partition coefficient (Wildman–Crippen LogP) is -0.649. The van der Waals surface area contributed by atoms with Gasteiger partial charge in [0.05, 0.1) is 11.8 Å². The van der Waals surface area contributed by atoms with Crippen molar-refractivity contribution >= 4 is 17.8 Å². The molecule has 1 aromatic rings. The number of rotatable bonds is 8. The first-order valence-corrected chi connectivity index (χ1v) is 5.98. The topological polar surface area (TPSA) is 129 Å². The molecule has 0 aliphatic carbocycles. The van der Waals surface area contributed by atoms with Gasteiger partial charge in [-0.3, -0.25) is 9.59 Å². The van der Waals surface area contributed by atoms with Crippen LogP contribution in [0.25, 0.3) is 0 Å². The van der Waals surface area contributed by atoms with Crippen molar-refractivity contribution in [3.05, 3.63) is 24.2 Å². The smallest absolute Gasteiger partial charge is 0.326 e. The Labute approximate surface area is 114 Å². The number of aliphatic carboxylic acids is 1. The highest BCUT2D eigenvalue weighted by molar-refractivity contribution is 5.94. The first-order chi connectivity index (χ1) is 9.54. The van der Waals surface area contributed by atoms with Gasteiger partial charge in [0.25, 0.3) is 5.91 Å². The first kappa shape index (κ1) is 15.7. The second kappa shape index (κ2) is 7.95. The van der Waals surface area contributed by atoms with Crippen LogP contribution in [0, 0.1) is 0 Å². The third kappa shape index (κ3) is 5.11. The Kier molecular flexibility index (Phi) is 6.24. The number of nitrogens with one attached hydrogen (secondary N) is 2. The summed E-state index contributed by atoms with van der Waals surface area (Å²) < 4.78 is 4.74. The van der Waals surface area contributed by atoms with Gasteiger partial charge in [0.15, 0.2) is 0 Å². The largest absolute Gasteiger partial charge is 0.480 e. The quantitative estimate of drug-likeness (QED) is 0.502. The van der Waals surface area contributed by atoms with E-state index in [9.17, 15) is 14.4 Å². The van der Waals surface area contributed by atoms with Gasteiger partial charge < -0.3 is 25.3 Å². The van der Waals surface area contributed by atoms with Crippen LogP contribution in [0.5, 0.6) is 0 Å². The minimum absolute atomic E-state index is 0.0567. The molecule has 0 bridgehead atoms. The molecule has 110 valence electrons. The predicted molar refractivity (Wildman–Crippen MR) is 66.9 cm³/mol. The normalized spacial score (nSPS) is 11.7. The first-order valence-electron chi connectivity index (χ1n) is 5.98. The molecule has 0 fully saturated rings. The van der Waals surface area contributed by atoms with E-state index in [4.69, 9.17) is 14.6 Å². The Morgan fingerprint density at radius 1 is 1.35 bits per heavy atom. The van der Waals surface area contributed by atoms with Crippen LogP contribution in [-0.4, -0.2) is 47.2 Å². The molecule has 2 amide bonds. The summed E-state index contributed by atoms with van der Waals surface area (Å²) in [5.74, 6) is -2.11. The second-order valence-corrected chi connectivity index (χ2v) is 3.99. The third-order valence-corrected chi connectivity index (χ3v) is 2.47. The van der Waals surface area contributed by atoms with Crippen molar-refractivity contribution in [3.63, 3.8) is 0 Å². The van der Waals surface area contributed by atoms with Crippen LogP contribution in [0.3, 0.4) is 0 Å². The van der Waals surface area contributed by atoms with E-state index in [0.29, 0.717) is 5.56 Å². The summed E-state index contributed by atoms with van der Waals surface area (Å²) in [6.45, 7) is -0.268. The minimum atomic E-state index is -1.21. The third-order valence-electron chi connectivity index (χ3n) is 2.47. The molecule has 0 saturated heterocycles. The highest BCUT2D eigenvalue weighted by Gasteiger charge is 2.19. The van der Waals surface area contributed by atoms with E-state index in [1.807, 2.05) is 0 Å². The van der Waals surface area contributed by atoms with Crippen LogP contribution >= 0.6 is 0 Å². The lowest BCUT2D eigenvalue weighted by molar-refractivity contribution is -0.142. The fraction of sp³-hybridized carbons (Fsp3) is 0.417. The van der Waals surface area contributed by atoms with Crippen LogP contribution in [-0.2, 0) is 9.59 Å². The van der Waals surface area contributed by atoms with E-state index < -0.39 is 17.9 Å². The lowest BCUT2D eigenvalue weighted by Crippen LogP contribution is -2.42. The van der Waals surface area contributed by atoms with E-state index in [-0.39, 0.29) is 31.9 Å². The van der Waals surface area contributed by atoms with Crippen molar-refractivity contribution in [1.82, 2.24) is 10.6 Å². The summed E-state index contributed by atoms with van der Waals surface area (Å²) in [5, 5.41) is 22.2. The lowest BCUT2D eigenvalue weighted by Gasteiger charge is -2.13. The molecular weight excluding hydrogens is 268 g/mol. The molecule has 1 unspecified atom stereocenters. The van der Waals surface area contributed by atoms with Gasteiger partial charge in [0.1, 0.15) is 12.3 Å². The number of carbonyl (C=O) groups is 3. The van der Waals surface area contributed by atoms with Crippen molar-refractivity contribution < 1.29 is 29.0 Å². The summed E-state index contributed by atoms with van der Waals surface area (Å²) in [4.78, 5) is 33.7. The molecule has 0 aliphatic heterocycles. The Bertz CT molecular complexity index is 457. The summed E-state index contributed by atoms with van der Waals surface area (Å²) >= 11 is 0. The Balaban J connectivity index is 2.29. The molecule has 1 heterocycles. The summed E-state index contributed by atoms with van der Waals surface area (Å²) in [6, 6.07) is 0.356. The molecule has 0 spiro atoms. The fourth-order valence-electron chi connectivity index (χ4n) is 1.44. The molecule has 1 atom stereocenters. The van der Waals surface area contributed by atoms with Crippen LogP contribution < -0.4 is 10.6 Å². The highest BCUT2D eigenvalue weighted by atomic mass is 16.4. The van der Waals surface area contributed by atoms with Gasteiger partial charge in [-0.25, -0.2) is 4.79 Å². The molecule has 20 heavy (non-hydrogen) atoms. The van der Waals surface area contributed by atoms with Gasteiger partial charge in [0.2, 0.25) is 5.91 Å². The molecule has 0 radical (unpaired) electrons. The van der Waals surface area contributed by atoms with Crippen LogP contribution in [0.1, 0.15) is 23.2 Å². The number of carboxylic acid groups (broad SMARTS) is 1. The zero-order valence-electron chi connectivity index (χ0n) is 10.7. The zero-order valence-corrected chi connectivity index (χ0v) is 10.7. The van der Waals surface area contributed by atoms with Crippen molar-refractivity contribution in [3.8, 4) is 0 Å². The fourth-order valence-corrected chi connectivity index (χ4v) is 1.44. The second-order valence-electron chi connectivity index (χ2n) is 3.99. The molecule has 0 aromatic carbocycles. The van der Waals surface area contributed by atoms with E-state index in [1.54, 1.807) is 0 Å². The van der Waals surface area contributed by atoms with Crippen molar-refractivity contribution in [2.45, 2.75) is 18.9 Å². The summed E-state index contributed by atoms with van der Waals surface area (Å²) in [6.07, 6.45) is 2.51. The van der Waals surface area contributed by atoms with Gasteiger partial charge in [-0.05, 0) is 6.07 Å². The number of furan rings is 1. The van der Waals surface area contributed by atoms with Crippen LogP contribution in [0.2, 0.25) is 0 Å². The van der Waals surface area contributed by atoms with Gasteiger partial charge >= 0.3 is 5.97 Å². The monoisotopic (exact) mass is 284 g/mol. The van der Waals surface area contributed by atoms with E-state index in [1.165, 1.54) is 18.6 Å². The van der Waals surface area contributed by atoms with Gasteiger partial charge in [-0.2, -0.15) is 0 Å². The molecule has 0 aliphatic rings. The van der Waals surface area contributed by atoms with E-state index >= 15 is 0 Å². The number of aliphatic hydroxyl groups is 1. The molecule has 1 rings (SSSR count). The SMILES string of the molecule is O=C(CCNC(=O)c1ccoc1)NC(CCO)C(=O)O. The summed E-state index contributed by atoms with van der Waals surface area (Å²) in [5.41, 5.74) is 0.342. The van der Waals surface area contributed by atoms with Gasteiger partial charge in [0, 0.05) is 26.0 Å². The number of amides is 2. The zero-order chi connectivity index (χ0) is 15.0. The number of hydrogen-bond donors (Lipinski definition) is 4. The summed E-state index contributed by atoms with van der Waals surface area (Å²) in [7, 11) is 0. The number of carbonyl (C=O) groups excluding carboxylic acids is 2. The Hall–Kier alpha value is -2.35. The van der Waals surface area contributed by atoms with Gasteiger partial charge in [-0.15, -0.1) is 0 Å². The standard InChI is InChI=1S/C12H16N2O6/c15-5-2-9(12(18)19)14-10(16)1-4-13-11(17)8-3-6-20-7-8/h3,6-7,9,15H,1-2,4-5H2,(H,13,17)(H,14,16)(H,18,19). The molecule has 0 saturated carbocycles. The molecule has 1 aromatic heterocycles. The average molecular weight is 284 g/mol. The van der Waals surface area contributed by atoms with Gasteiger partial charge in [-0.1, -0.05) is 0 Å². The number of aliphatic hydroxyl groups excluding tert-OH is 1. The lowest BCUT2D eigenvalue weighted by atomic mass is 10.2. The molecule has 8 nitrogen and oxygen atoms in total. The highest BCUT2D eigenvalue weighted by Crippen LogP contribution is 1.99. The number of hydrogen-bond acceptors (Lipinski definition) is 5. The Morgan fingerprint density at radius 2 is 2.10 bits per heavy atom. The van der Waals surface area contributed by atoms with E-state index in [2.05, 4.69) is 10.6 Å². The number of carboxylic acids is 1. The van der Waals surface area contributed by atoms with Crippen molar-refractivity contribution in [2.75, 3.05) is 13.2 Å². The average Bonchev–Trinajstić information content (AvgIpc) is 2.91. The van der Waals surface area contributed by atoms with Crippen molar-refractivity contribution in [2.24, 2.45) is 0 Å². The van der Waals surface area contributed by atoms with Crippen LogP contribution in [0.15, 0.2) is 23.0 Å². The Morgan fingerprint density at radius 3 is 2.65 bits per heavy atom. The van der Waals surface area contributed by atoms with Crippen LogP contribution in [0.4, 0.5) is 0 Å². The maximum atomic E-state index is 11.5.